The predicted octanol–water partition coefficient (Wildman–Crippen LogP) is 3.24. The van der Waals surface area contributed by atoms with E-state index < -0.39 is 0 Å². The van der Waals surface area contributed by atoms with Crippen LogP contribution in [0.1, 0.15) is 31.4 Å². The molecule has 7 heteroatoms. The van der Waals surface area contributed by atoms with Crippen molar-refractivity contribution in [3.8, 4) is 0 Å². The van der Waals surface area contributed by atoms with Gasteiger partial charge in [0.25, 0.3) is 5.56 Å². The summed E-state index contributed by atoms with van der Waals surface area (Å²) in [6.45, 7) is 7.96. The fraction of sp³-hybridized carbons (Fsp3) is 0.455. The van der Waals surface area contributed by atoms with Crippen LogP contribution in [-0.2, 0) is 17.8 Å². The average molecular weight is 512 g/mol. The summed E-state index contributed by atoms with van der Waals surface area (Å²) < 4.78 is 7.28. The van der Waals surface area contributed by atoms with Gasteiger partial charge in [-0.25, -0.2) is 0 Å². The van der Waals surface area contributed by atoms with Gasteiger partial charge >= 0.3 is 0 Å². The fourth-order valence-corrected chi connectivity index (χ4v) is 2.66. The van der Waals surface area contributed by atoms with Crippen molar-refractivity contribution >= 4 is 29.9 Å². The summed E-state index contributed by atoms with van der Waals surface area (Å²) in [6.07, 6.45) is 2.75. The number of benzene rings is 1. The first-order valence-corrected chi connectivity index (χ1v) is 9.84. The van der Waals surface area contributed by atoms with Crippen LogP contribution in [0.5, 0.6) is 0 Å². The van der Waals surface area contributed by atoms with E-state index in [4.69, 9.17) is 4.74 Å². The third kappa shape index (κ3) is 9.94. The van der Waals surface area contributed by atoms with Crippen molar-refractivity contribution in [1.29, 1.82) is 0 Å². The number of guanidine groups is 1. The predicted molar refractivity (Wildman–Crippen MR) is 130 cm³/mol. The molecule has 0 amide bonds. The zero-order valence-electron chi connectivity index (χ0n) is 17.6. The van der Waals surface area contributed by atoms with Gasteiger partial charge in [-0.15, -0.1) is 24.0 Å². The van der Waals surface area contributed by atoms with Crippen molar-refractivity contribution in [2.75, 3.05) is 26.8 Å². The Morgan fingerprint density at radius 1 is 1.10 bits per heavy atom. The number of hydrogen-bond donors (Lipinski definition) is 2. The number of halogens is 1. The number of ether oxygens (including phenoxy) is 1. The van der Waals surface area contributed by atoms with Crippen molar-refractivity contribution in [2.24, 2.45) is 10.9 Å². The summed E-state index contributed by atoms with van der Waals surface area (Å²) in [5.74, 6) is 1.35. The molecule has 0 aliphatic carbocycles. The summed E-state index contributed by atoms with van der Waals surface area (Å²) in [6, 6.07) is 13.5. The maximum atomic E-state index is 11.8. The smallest absolute Gasteiger partial charge is 0.250 e. The van der Waals surface area contributed by atoms with Crippen LogP contribution in [0.15, 0.2) is 58.4 Å². The quantitative estimate of drug-likeness (QED) is 0.222. The highest BCUT2D eigenvalue weighted by Gasteiger charge is 2.01. The first-order chi connectivity index (χ1) is 13.6. The Kier molecular flexibility index (Phi) is 12.3. The lowest BCUT2D eigenvalue weighted by molar-refractivity contribution is 0.108. The molecule has 0 spiro atoms. The SMILES string of the molecule is CN=C(NCCCOCC(C)C)NCc1ccc(Cn2ccccc2=O)cc1.I. The zero-order chi connectivity index (χ0) is 20.2. The lowest BCUT2D eigenvalue weighted by Gasteiger charge is -2.13. The van der Waals surface area contributed by atoms with Gasteiger partial charge in [0, 0.05) is 45.6 Å². The molecule has 2 aromatic rings. The molecule has 0 saturated carbocycles. The van der Waals surface area contributed by atoms with Gasteiger partial charge in [0.15, 0.2) is 5.96 Å². The minimum atomic E-state index is 0. The Balaban J connectivity index is 0.00000420. The molecular formula is C22H33IN4O2. The van der Waals surface area contributed by atoms with Gasteiger partial charge in [-0.1, -0.05) is 44.2 Å². The Morgan fingerprint density at radius 3 is 2.48 bits per heavy atom. The molecule has 1 heterocycles. The summed E-state index contributed by atoms with van der Waals surface area (Å²) in [5.41, 5.74) is 2.27. The van der Waals surface area contributed by atoms with Gasteiger partial charge in [-0.3, -0.25) is 9.79 Å². The molecule has 1 aromatic carbocycles. The maximum Gasteiger partial charge on any atom is 0.250 e. The van der Waals surface area contributed by atoms with Gasteiger partial charge in [0.1, 0.15) is 0 Å². The third-order valence-corrected chi connectivity index (χ3v) is 4.17. The molecule has 0 aliphatic rings. The molecular weight excluding hydrogens is 479 g/mol. The number of nitrogens with one attached hydrogen (secondary N) is 2. The van der Waals surface area contributed by atoms with E-state index in [-0.39, 0.29) is 29.5 Å². The van der Waals surface area contributed by atoms with Gasteiger partial charge in [-0.2, -0.15) is 0 Å². The molecule has 29 heavy (non-hydrogen) atoms. The van der Waals surface area contributed by atoms with Gasteiger partial charge in [-0.05, 0) is 29.5 Å². The van der Waals surface area contributed by atoms with Crippen molar-refractivity contribution in [2.45, 2.75) is 33.4 Å². The largest absolute Gasteiger partial charge is 0.381 e. The molecule has 2 N–H and O–H groups in total. The van der Waals surface area contributed by atoms with Gasteiger partial charge in [0.2, 0.25) is 0 Å². The van der Waals surface area contributed by atoms with E-state index in [1.165, 1.54) is 0 Å². The van der Waals surface area contributed by atoms with E-state index in [1.807, 2.05) is 6.07 Å². The molecule has 6 nitrogen and oxygen atoms in total. The molecule has 2 rings (SSSR count). The van der Waals surface area contributed by atoms with Crippen LogP contribution in [0.4, 0.5) is 0 Å². The van der Waals surface area contributed by atoms with Crippen LogP contribution in [0.2, 0.25) is 0 Å². The number of pyridine rings is 1. The van der Waals surface area contributed by atoms with Gasteiger partial charge < -0.3 is 19.9 Å². The number of aromatic nitrogens is 1. The second-order valence-electron chi connectivity index (χ2n) is 7.16. The summed E-state index contributed by atoms with van der Waals surface area (Å²) >= 11 is 0. The van der Waals surface area contributed by atoms with Crippen molar-refractivity contribution in [3.63, 3.8) is 0 Å². The second-order valence-corrected chi connectivity index (χ2v) is 7.16. The highest BCUT2D eigenvalue weighted by Crippen LogP contribution is 2.05. The van der Waals surface area contributed by atoms with Crippen molar-refractivity contribution in [3.05, 3.63) is 70.1 Å². The lowest BCUT2D eigenvalue weighted by atomic mass is 10.1. The van der Waals surface area contributed by atoms with Gasteiger partial charge in [0.05, 0.1) is 6.54 Å². The normalized spacial score (nSPS) is 11.2. The summed E-state index contributed by atoms with van der Waals surface area (Å²) in [5, 5.41) is 6.61. The summed E-state index contributed by atoms with van der Waals surface area (Å²) in [7, 11) is 1.77. The average Bonchev–Trinajstić information content (AvgIpc) is 2.69. The van der Waals surface area contributed by atoms with Crippen LogP contribution in [0.3, 0.4) is 0 Å². The minimum Gasteiger partial charge on any atom is -0.381 e. The fourth-order valence-electron chi connectivity index (χ4n) is 2.66. The zero-order valence-corrected chi connectivity index (χ0v) is 19.9. The van der Waals surface area contributed by atoms with Crippen molar-refractivity contribution in [1.82, 2.24) is 15.2 Å². The highest BCUT2D eigenvalue weighted by atomic mass is 127. The molecule has 0 bridgehead atoms. The topological polar surface area (TPSA) is 67.7 Å². The van der Waals surface area contributed by atoms with E-state index in [0.717, 1.165) is 43.3 Å². The van der Waals surface area contributed by atoms with E-state index in [0.29, 0.717) is 19.0 Å². The first-order valence-electron chi connectivity index (χ1n) is 9.84. The monoisotopic (exact) mass is 512 g/mol. The highest BCUT2D eigenvalue weighted by molar-refractivity contribution is 14.0. The Morgan fingerprint density at radius 2 is 1.83 bits per heavy atom. The Labute approximate surface area is 190 Å². The Bertz CT molecular complexity index is 788. The molecule has 0 fully saturated rings. The van der Waals surface area contributed by atoms with Crippen LogP contribution in [0, 0.1) is 5.92 Å². The van der Waals surface area contributed by atoms with Crippen LogP contribution in [0.25, 0.3) is 0 Å². The van der Waals surface area contributed by atoms with Crippen LogP contribution >= 0.6 is 24.0 Å². The van der Waals surface area contributed by atoms with E-state index in [1.54, 1.807) is 29.9 Å². The second kappa shape index (κ2) is 14.2. The first kappa shape index (κ1) is 25.2. The molecule has 0 aliphatic heterocycles. The number of rotatable bonds is 10. The molecule has 0 saturated heterocycles. The molecule has 0 atom stereocenters. The van der Waals surface area contributed by atoms with E-state index in [9.17, 15) is 4.79 Å². The third-order valence-electron chi connectivity index (χ3n) is 4.17. The number of nitrogens with zero attached hydrogens (tertiary/aromatic N) is 2. The Hall–Kier alpha value is -1.87. The minimum absolute atomic E-state index is 0. The number of aliphatic imine (C=N–C) groups is 1. The van der Waals surface area contributed by atoms with E-state index >= 15 is 0 Å². The molecule has 1 aromatic heterocycles. The maximum absolute atomic E-state index is 11.8. The molecule has 0 unspecified atom stereocenters. The molecule has 160 valence electrons. The lowest BCUT2D eigenvalue weighted by Crippen LogP contribution is -2.37. The molecule has 0 radical (unpaired) electrons. The van der Waals surface area contributed by atoms with Crippen molar-refractivity contribution < 1.29 is 4.74 Å². The standard InChI is InChI=1S/C22H32N4O2.HI/c1-18(2)17-28-14-6-12-24-22(23-3)25-15-19-8-10-20(11-9-19)16-26-13-5-4-7-21(26)27;/h4-5,7-11,13,18H,6,12,14-17H2,1-3H3,(H2,23,24,25);1H. The summed E-state index contributed by atoms with van der Waals surface area (Å²) in [4.78, 5) is 16.0. The number of hydrogen-bond acceptors (Lipinski definition) is 3. The van der Waals surface area contributed by atoms with Crippen LogP contribution in [-0.4, -0.2) is 37.3 Å². The van der Waals surface area contributed by atoms with Crippen LogP contribution < -0.4 is 16.2 Å². The van der Waals surface area contributed by atoms with E-state index in [2.05, 4.69) is 53.7 Å².